The average Bonchev–Trinajstić information content (AvgIpc) is 2.88. The van der Waals surface area contributed by atoms with Crippen LogP contribution in [-0.4, -0.2) is 52.1 Å². The Bertz CT molecular complexity index is 1520. The number of primary amides is 1. The zero-order chi connectivity index (χ0) is 26.0. The summed E-state index contributed by atoms with van der Waals surface area (Å²) in [4.78, 5) is 35.5. The number of amides is 2. The van der Waals surface area contributed by atoms with Gasteiger partial charge in [-0.3, -0.25) is 19.6 Å². The number of methoxy groups -OCH3 is 1. The van der Waals surface area contributed by atoms with Crippen molar-refractivity contribution >= 4 is 44.9 Å². The maximum atomic E-state index is 13.6. The van der Waals surface area contributed by atoms with E-state index in [9.17, 15) is 13.8 Å². The largest absolute Gasteiger partial charge is 0.497 e. The minimum Gasteiger partial charge on any atom is -0.497 e. The molecule has 4 aromatic rings. The minimum atomic E-state index is -1.66. The Balaban J connectivity index is 1.86. The highest BCUT2D eigenvalue weighted by Gasteiger charge is 2.19. The second-order valence-corrected chi connectivity index (χ2v) is 9.76. The van der Waals surface area contributed by atoms with Gasteiger partial charge in [0.25, 0.3) is 11.8 Å². The molecule has 0 fully saturated rings. The molecule has 0 bridgehead atoms. The highest BCUT2D eigenvalue weighted by atomic mass is 32.2. The van der Waals surface area contributed by atoms with E-state index < -0.39 is 16.7 Å². The van der Waals surface area contributed by atoms with Crippen LogP contribution in [0.4, 0.5) is 11.4 Å². The SMILES string of the molecule is COc1cccc(Nc2c(C(N)=O)cnc3c(C)cc(S(=O)c4cncc(C(=O)N(C)C)c4)cc23)c1. The number of nitrogens with two attached hydrogens (primary N) is 1. The highest BCUT2D eigenvalue weighted by Crippen LogP contribution is 2.34. The first-order valence-corrected chi connectivity index (χ1v) is 12.1. The van der Waals surface area contributed by atoms with Crippen LogP contribution in [0.2, 0.25) is 0 Å². The predicted molar refractivity (Wildman–Crippen MR) is 138 cm³/mol. The Kier molecular flexibility index (Phi) is 6.98. The Hall–Kier alpha value is -4.31. The van der Waals surface area contributed by atoms with E-state index in [1.165, 1.54) is 23.5 Å². The number of nitrogens with one attached hydrogen (secondary N) is 1. The normalized spacial score (nSPS) is 11.7. The van der Waals surface area contributed by atoms with Gasteiger partial charge in [-0.2, -0.15) is 0 Å². The number of nitrogens with zero attached hydrogens (tertiary/aromatic N) is 3. The van der Waals surface area contributed by atoms with Crippen molar-refractivity contribution in [2.45, 2.75) is 16.7 Å². The molecule has 0 aliphatic rings. The molecule has 1 atom stereocenters. The number of pyridine rings is 2. The van der Waals surface area contributed by atoms with Gasteiger partial charge >= 0.3 is 0 Å². The van der Waals surface area contributed by atoms with Gasteiger partial charge in [-0.15, -0.1) is 0 Å². The van der Waals surface area contributed by atoms with Gasteiger partial charge < -0.3 is 20.7 Å². The van der Waals surface area contributed by atoms with Crippen molar-refractivity contribution in [1.82, 2.24) is 14.9 Å². The van der Waals surface area contributed by atoms with Crippen molar-refractivity contribution in [3.05, 3.63) is 77.7 Å². The van der Waals surface area contributed by atoms with Crippen LogP contribution in [0.3, 0.4) is 0 Å². The molecule has 4 rings (SSSR count). The maximum Gasteiger partial charge on any atom is 0.254 e. The van der Waals surface area contributed by atoms with E-state index in [1.807, 2.05) is 19.1 Å². The molecule has 0 radical (unpaired) electrons. The van der Waals surface area contributed by atoms with E-state index in [-0.39, 0.29) is 11.5 Å². The monoisotopic (exact) mass is 503 g/mol. The molecule has 2 amide bonds. The molecule has 0 aliphatic carbocycles. The molecule has 2 aromatic carbocycles. The molecule has 2 heterocycles. The van der Waals surface area contributed by atoms with Gasteiger partial charge in [0.1, 0.15) is 5.75 Å². The third-order valence-electron chi connectivity index (χ3n) is 5.53. The van der Waals surface area contributed by atoms with E-state index in [0.717, 1.165) is 5.56 Å². The number of carbonyl (C=O) groups excluding carboxylic acids is 2. The van der Waals surface area contributed by atoms with Crippen molar-refractivity contribution in [3.8, 4) is 5.75 Å². The van der Waals surface area contributed by atoms with Crippen molar-refractivity contribution in [1.29, 1.82) is 0 Å². The number of aryl methyl sites for hydroxylation is 1. The average molecular weight is 504 g/mol. The van der Waals surface area contributed by atoms with E-state index >= 15 is 0 Å². The van der Waals surface area contributed by atoms with E-state index in [2.05, 4.69) is 15.3 Å². The number of fused-ring (bicyclic) bond motifs is 1. The number of carbonyl (C=O) groups is 2. The smallest absolute Gasteiger partial charge is 0.254 e. The Labute approximate surface area is 210 Å². The molecular formula is C26H25N5O4S. The summed E-state index contributed by atoms with van der Waals surface area (Å²) in [5, 5.41) is 3.83. The number of benzene rings is 2. The first-order valence-electron chi connectivity index (χ1n) is 10.9. The summed E-state index contributed by atoms with van der Waals surface area (Å²) in [7, 11) is 3.19. The van der Waals surface area contributed by atoms with Crippen LogP contribution in [0.25, 0.3) is 10.9 Å². The van der Waals surface area contributed by atoms with Crippen LogP contribution in [0, 0.1) is 6.92 Å². The summed E-state index contributed by atoms with van der Waals surface area (Å²) < 4.78 is 18.9. The summed E-state index contributed by atoms with van der Waals surface area (Å²) in [6.07, 6.45) is 4.33. The Morgan fingerprint density at radius 2 is 1.83 bits per heavy atom. The minimum absolute atomic E-state index is 0.188. The van der Waals surface area contributed by atoms with E-state index in [4.69, 9.17) is 10.5 Å². The van der Waals surface area contributed by atoms with Gasteiger partial charge in [0.2, 0.25) is 0 Å². The predicted octanol–water partition coefficient (Wildman–Crippen LogP) is 3.66. The summed E-state index contributed by atoms with van der Waals surface area (Å²) >= 11 is 0. The number of rotatable bonds is 7. The lowest BCUT2D eigenvalue weighted by Gasteiger charge is -2.16. The third-order valence-corrected chi connectivity index (χ3v) is 6.85. The molecule has 1 unspecified atom stereocenters. The topological polar surface area (TPSA) is 128 Å². The molecule has 0 saturated heterocycles. The number of aromatic nitrogens is 2. The van der Waals surface area contributed by atoms with Crippen LogP contribution >= 0.6 is 0 Å². The Morgan fingerprint density at radius 3 is 2.53 bits per heavy atom. The van der Waals surface area contributed by atoms with Gasteiger partial charge in [-0.25, -0.2) is 4.21 Å². The number of anilines is 2. The molecule has 2 aromatic heterocycles. The van der Waals surface area contributed by atoms with Crippen molar-refractivity contribution in [2.24, 2.45) is 5.73 Å². The van der Waals surface area contributed by atoms with Crippen LogP contribution in [-0.2, 0) is 10.8 Å². The molecule has 0 aliphatic heterocycles. The number of hydrogen-bond donors (Lipinski definition) is 2. The summed E-state index contributed by atoms with van der Waals surface area (Å²) in [6.45, 7) is 1.85. The first kappa shape index (κ1) is 24.8. The molecule has 3 N–H and O–H groups in total. The second-order valence-electron chi connectivity index (χ2n) is 8.28. The first-order chi connectivity index (χ1) is 17.2. The Morgan fingerprint density at radius 1 is 1.06 bits per heavy atom. The summed E-state index contributed by atoms with van der Waals surface area (Å²) in [6, 6.07) is 12.3. The van der Waals surface area contributed by atoms with Gasteiger partial charge in [-0.1, -0.05) is 6.07 Å². The van der Waals surface area contributed by atoms with Crippen LogP contribution in [0.15, 0.2) is 70.8 Å². The quantitative estimate of drug-likeness (QED) is 0.394. The van der Waals surface area contributed by atoms with Crippen molar-refractivity contribution in [3.63, 3.8) is 0 Å². The lowest BCUT2D eigenvalue weighted by molar-refractivity contribution is 0.0826. The van der Waals surface area contributed by atoms with Crippen molar-refractivity contribution in [2.75, 3.05) is 26.5 Å². The molecule has 184 valence electrons. The van der Waals surface area contributed by atoms with Gasteiger partial charge in [0, 0.05) is 54.7 Å². The zero-order valence-corrected chi connectivity index (χ0v) is 21.1. The third kappa shape index (κ3) is 4.89. The maximum absolute atomic E-state index is 13.6. The molecule has 0 saturated carbocycles. The molecule has 36 heavy (non-hydrogen) atoms. The van der Waals surface area contributed by atoms with Gasteiger partial charge in [-0.05, 0) is 42.8 Å². The lowest BCUT2D eigenvalue weighted by Crippen LogP contribution is -2.22. The highest BCUT2D eigenvalue weighted by molar-refractivity contribution is 7.85. The van der Waals surface area contributed by atoms with Crippen LogP contribution in [0.5, 0.6) is 5.75 Å². The second kappa shape index (κ2) is 10.1. The molecule has 0 spiro atoms. The standard InChI is InChI=1S/C26H25N5O4S/c1-15-8-19(36(34)20-9-16(12-28-13-20)26(33)31(2)3)11-21-23(15)29-14-22(25(27)32)24(21)30-17-6-5-7-18(10-17)35-4/h5-14H,1-4H3,(H2,27,32)(H,29,30). The van der Waals surface area contributed by atoms with Crippen LogP contribution in [0.1, 0.15) is 26.3 Å². The lowest BCUT2D eigenvalue weighted by atomic mass is 10.1. The fraction of sp³-hybridized carbons (Fsp3) is 0.154. The van der Waals surface area contributed by atoms with Gasteiger partial charge in [0.15, 0.2) is 0 Å². The fourth-order valence-corrected chi connectivity index (χ4v) is 4.92. The summed E-state index contributed by atoms with van der Waals surface area (Å²) in [5.74, 6) is -0.259. The molecule has 9 nitrogen and oxygen atoms in total. The zero-order valence-electron chi connectivity index (χ0n) is 20.2. The van der Waals surface area contributed by atoms with E-state index in [0.29, 0.717) is 43.4 Å². The van der Waals surface area contributed by atoms with Crippen molar-refractivity contribution < 1.29 is 18.5 Å². The van der Waals surface area contributed by atoms with Gasteiger partial charge in [0.05, 0.1) is 45.1 Å². The molecule has 10 heteroatoms. The summed E-state index contributed by atoms with van der Waals surface area (Å²) in [5.41, 5.74) is 8.69. The number of ether oxygens (including phenoxy) is 1. The molecular weight excluding hydrogens is 478 g/mol. The fourth-order valence-electron chi connectivity index (χ4n) is 3.75. The van der Waals surface area contributed by atoms with E-state index in [1.54, 1.807) is 51.5 Å². The van der Waals surface area contributed by atoms with Crippen LogP contribution < -0.4 is 15.8 Å². The number of hydrogen-bond acceptors (Lipinski definition) is 7.